The van der Waals surface area contributed by atoms with Gasteiger partial charge in [-0.3, -0.25) is 4.79 Å². The number of rotatable bonds is 8. The fourth-order valence-corrected chi connectivity index (χ4v) is 3.04. The summed E-state index contributed by atoms with van der Waals surface area (Å²) in [6.45, 7) is 5.77. The minimum Gasteiger partial charge on any atom is -0.383 e. The number of halogens is 2. The molecule has 1 aromatic carbocycles. The topological polar surface area (TPSA) is 78.0 Å². The molecule has 0 bridgehead atoms. The molecule has 0 aliphatic carbocycles. The summed E-state index contributed by atoms with van der Waals surface area (Å²) in [4.78, 5) is 18.5. The molecule has 0 aromatic heterocycles. The van der Waals surface area contributed by atoms with Crippen LogP contribution in [0.4, 0.5) is 5.69 Å². The molecule has 152 valence electrons. The number of ether oxygens (including phenoxy) is 1. The molecule has 27 heavy (non-hydrogen) atoms. The molecule has 1 amide bonds. The van der Waals surface area contributed by atoms with E-state index in [0.29, 0.717) is 25.2 Å². The number of nitrogens with one attached hydrogen (secondary N) is 3. The minimum absolute atomic E-state index is 0. The van der Waals surface area contributed by atoms with Gasteiger partial charge in [0.05, 0.1) is 6.61 Å². The van der Waals surface area contributed by atoms with Gasteiger partial charge in [-0.05, 0) is 37.6 Å². The van der Waals surface area contributed by atoms with Crippen molar-refractivity contribution in [1.29, 1.82) is 0 Å². The predicted molar refractivity (Wildman–Crippen MR) is 124 cm³/mol. The van der Waals surface area contributed by atoms with E-state index in [1.165, 1.54) is 5.69 Å². The van der Waals surface area contributed by atoms with Gasteiger partial charge in [0, 0.05) is 49.5 Å². The second-order valence-corrected chi connectivity index (χ2v) is 7.01. The summed E-state index contributed by atoms with van der Waals surface area (Å²) in [5.74, 6) is 0.569. The number of carbonyl (C=O) groups excluding carboxylic acids is 1. The molecule has 1 aromatic rings. The van der Waals surface area contributed by atoms with Crippen molar-refractivity contribution in [1.82, 2.24) is 16.0 Å². The van der Waals surface area contributed by atoms with Gasteiger partial charge in [0.15, 0.2) is 5.96 Å². The van der Waals surface area contributed by atoms with Crippen LogP contribution in [-0.2, 0) is 9.53 Å². The molecule has 9 heteroatoms. The highest BCUT2D eigenvalue weighted by Gasteiger charge is 2.23. The Kier molecular flexibility index (Phi) is 11.7. The summed E-state index contributed by atoms with van der Waals surface area (Å²) in [5, 5.41) is 9.41. The standard InChI is InChI=1S/C18H28BrN5O2.HI/c1-3-20-18(22-12-17(25)21-9-11-26-2)23-15-8-10-24(13-15)16-6-4-14(19)5-7-16;/h4-7,15H,3,8-13H2,1-2H3,(H,21,25)(H2,20,22,23);1H. The van der Waals surface area contributed by atoms with Crippen molar-refractivity contribution in [3.63, 3.8) is 0 Å². The number of guanidine groups is 1. The molecule has 1 atom stereocenters. The third-order valence-corrected chi connectivity index (χ3v) is 4.60. The summed E-state index contributed by atoms with van der Waals surface area (Å²) in [6, 6.07) is 8.66. The van der Waals surface area contributed by atoms with E-state index >= 15 is 0 Å². The Balaban J connectivity index is 0.00000364. The summed E-state index contributed by atoms with van der Waals surface area (Å²) in [7, 11) is 1.61. The Labute approximate surface area is 186 Å². The number of nitrogens with zero attached hydrogens (tertiary/aromatic N) is 2. The van der Waals surface area contributed by atoms with E-state index in [1.54, 1.807) is 7.11 Å². The SMILES string of the molecule is CCNC(=NCC(=O)NCCOC)NC1CCN(c2ccc(Br)cc2)C1.I. The lowest BCUT2D eigenvalue weighted by molar-refractivity contribution is -0.119. The Morgan fingerprint density at radius 1 is 1.33 bits per heavy atom. The maximum absolute atomic E-state index is 11.8. The fourth-order valence-electron chi connectivity index (χ4n) is 2.78. The highest BCUT2D eigenvalue weighted by atomic mass is 127. The molecule has 1 fully saturated rings. The van der Waals surface area contributed by atoms with Crippen molar-refractivity contribution in [3.8, 4) is 0 Å². The zero-order chi connectivity index (χ0) is 18.8. The first-order valence-corrected chi connectivity index (χ1v) is 9.72. The quantitative estimate of drug-likeness (QED) is 0.198. The lowest BCUT2D eigenvalue weighted by Gasteiger charge is -2.20. The number of hydrogen-bond donors (Lipinski definition) is 3. The zero-order valence-corrected chi connectivity index (χ0v) is 19.7. The molecule has 7 nitrogen and oxygen atoms in total. The Hall–Kier alpha value is -1.07. The first kappa shape index (κ1) is 24.0. The van der Waals surface area contributed by atoms with Gasteiger partial charge in [-0.1, -0.05) is 15.9 Å². The maximum Gasteiger partial charge on any atom is 0.241 e. The summed E-state index contributed by atoms with van der Waals surface area (Å²) in [5.41, 5.74) is 1.22. The smallest absolute Gasteiger partial charge is 0.241 e. The van der Waals surface area contributed by atoms with Crippen LogP contribution in [0.25, 0.3) is 0 Å². The lowest BCUT2D eigenvalue weighted by atomic mass is 10.3. The molecule has 1 aliphatic rings. The number of amides is 1. The third kappa shape index (κ3) is 8.65. The van der Waals surface area contributed by atoms with Crippen LogP contribution < -0.4 is 20.9 Å². The average molecular weight is 554 g/mol. The van der Waals surface area contributed by atoms with Gasteiger partial charge < -0.3 is 25.6 Å². The summed E-state index contributed by atoms with van der Waals surface area (Å²) < 4.78 is 6.00. The summed E-state index contributed by atoms with van der Waals surface area (Å²) >= 11 is 3.47. The molecule has 2 rings (SSSR count). The zero-order valence-electron chi connectivity index (χ0n) is 15.8. The largest absolute Gasteiger partial charge is 0.383 e. The highest BCUT2D eigenvalue weighted by Crippen LogP contribution is 2.22. The van der Waals surface area contributed by atoms with Gasteiger partial charge in [-0.2, -0.15) is 0 Å². The first-order valence-electron chi connectivity index (χ1n) is 8.93. The third-order valence-electron chi connectivity index (χ3n) is 4.07. The molecular weight excluding hydrogens is 525 g/mol. The molecule has 0 spiro atoms. The number of carbonyl (C=O) groups is 1. The van der Waals surface area contributed by atoms with Gasteiger partial charge in [0.25, 0.3) is 0 Å². The monoisotopic (exact) mass is 553 g/mol. The van der Waals surface area contributed by atoms with Crippen LogP contribution in [0.5, 0.6) is 0 Å². The number of benzene rings is 1. The molecule has 1 saturated heterocycles. The van der Waals surface area contributed by atoms with E-state index in [1.807, 2.05) is 6.92 Å². The molecule has 1 aliphatic heterocycles. The number of hydrogen-bond acceptors (Lipinski definition) is 4. The van der Waals surface area contributed by atoms with Crippen LogP contribution in [0.15, 0.2) is 33.7 Å². The van der Waals surface area contributed by atoms with Crippen molar-refractivity contribution >= 4 is 57.5 Å². The fraction of sp³-hybridized carbons (Fsp3) is 0.556. The Morgan fingerprint density at radius 2 is 2.07 bits per heavy atom. The average Bonchev–Trinajstić information content (AvgIpc) is 3.09. The van der Waals surface area contributed by atoms with E-state index in [0.717, 1.165) is 30.5 Å². The van der Waals surface area contributed by atoms with E-state index < -0.39 is 0 Å². The Morgan fingerprint density at radius 3 is 2.74 bits per heavy atom. The van der Waals surface area contributed by atoms with E-state index in [9.17, 15) is 4.79 Å². The van der Waals surface area contributed by atoms with Gasteiger partial charge in [0.2, 0.25) is 5.91 Å². The van der Waals surface area contributed by atoms with Crippen molar-refractivity contribution in [3.05, 3.63) is 28.7 Å². The van der Waals surface area contributed by atoms with Gasteiger partial charge in [-0.25, -0.2) is 4.99 Å². The van der Waals surface area contributed by atoms with Crippen molar-refractivity contribution in [2.75, 3.05) is 51.3 Å². The van der Waals surface area contributed by atoms with Crippen LogP contribution in [0.3, 0.4) is 0 Å². The van der Waals surface area contributed by atoms with E-state index in [2.05, 4.69) is 66.0 Å². The predicted octanol–water partition coefficient (Wildman–Crippen LogP) is 1.96. The normalized spacial score (nSPS) is 16.6. The van der Waals surface area contributed by atoms with Crippen molar-refractivity contribution in [2.24, 2.45) is 4.99 Å². The summed E-state index contributed by atoms with van der Waals surface area (Å²) in [6.07, 6.45) is 1.03. The molecule has 1 heterocycles. The second-order valence-electron chi connectivity index (χ2n) is 6.09. The van der Waals surface area contributed by atoms with Gasteiger partial charge in [0.1, 0.15) is 6.54 Å². The van der Waals surface area contributed by atoms with E-state index in [-0.39, 0.29) is 36.4 Å². The molecule has 3 N–H and O–H groups in total. The van der Waals surface area contributed by atoms with Crippen LogP contribution in [0.1, 0.15) is 13.3 Å². The molecule has 0 saturated carbocycles. The molecule has 1 unspecified atom stereocenters. The maximum atomic E-state index is 11.8. The highest BCUT2D eigenvalue weighted by molar-refractivity contribution is 14.0. The van der Waals surface area contributed by atoms with Crippen LogP contribution in [0, 0.1) is 0 Å². The van der Waals surface area contributed by atoms with Gasteiger partial charge in [-0.15, -0.1) is 24.0 Å². The molecule has 0 radical (unpaired) electrons. The minimum atomic E-state index is -0.109. The van der Waals surface area contributed by atoms with Crippen LogP contribution in [-0.4, -0.2) is 64.3 Å². The Bertz CT molecular complexity index is 600. The van der Waals surface area contributed by atoms with Crippen LogP contribution >= 0.6 is 39.9 Å². The lowest BCUT2D eigenvalue weighted by Crippen LogP contribution is -2.45. The number of anilines is 1. The van der Waals surface area contributed by atoms with Crippen molar-refractivity contribution in [2.45, 2.75) is 19.4 Å². The van der Waals surface area contributed by atoms with Crippen molar-refractivity contribution < 1.29 is 9.53 Å². The first-order chi connectivity index (χ1) is 12.6. The van der Waals surface area contributed by atoms with E-state index in [4.69, 9.17) is 4.74 Å². The number of methoxy groups -OCH3 is 1. The van der Waals surface area contributed by atoms with Crippen LogP contribution in [0.2, 0.25) is 0 Å². The number of aliphatic imine (C=N–C) groups is 1. The second kappa shape index (κ2) is 13.2. The van der Waals surface area contributed by atoms with Gasteiger partial charge >= 0.3 is 0 Å². The molecular formula is C18H29BrIN5O2.